The molecule has 0 amide bonds. The molecular weight excluding hydrogens is 260 g/mol. The van der Waals surface area contributed by atoms with Gasteiger partial charge in [-0.05, 0) is 46.7 Å². The van der Waals surface area contributed by atoms with Crippen LogP contribution >= 0.6 is 0 Å². The lowest BCUT2D eigenvalue weighted by atomic mass is 9.79. The van der Waals surface area contributed by atoms with Crippen molar-refractivity contribution in [3.8, 4) is 0 Å². The quantitative estimate of drug-likeness (QED) is 0.838. The van der Waals surface area contributed by atoms with Crippen LogP contribution in [0.25, 0.3) is 16.3 Å². The molecule has 0 bridgehead atoms. The van der Waals surface area contributed by atoms with Crippen LogP contribution in [-0.2, 0) is 4.79 Å². The molecular formula is C19H19O2-. The topological polar surface area (TPSA) is 40.1 Å². The van der Waals surface area contributed by atoms with E-state index in [0.29, 0.717) is 0 Å². The summed E-state index contributed by atoms with van der Waals surface area (Å²) >= 11 is 0. The van der Waals surface area contributed by atoms with Crippen LogP contribution in [0.1, 0.15) is 49.7 Å². The Morgan fingerprint density at radius 1 is 1.19 bits per heavy atom. The van der Waals surface area contributed by atoms with Gasteiger partial charge in [-0.15, -0.1) is 0 Å². The fourth-order valence-corrected chi connectivity index (χ4v) is 3.30. The molecule has 0 spiro atoms. The van der Waals surface area contributed by atoms with Crippen molar-refractivity contribution in [3.05, 3.63) is 53.6 Å². The SMILES string of the molecule is CCCCC1=CC(CC(=O)[O-])c2cccc3cccc1c23. The van der Waals surface area contributed by atoms with Crippen molar-refractivity contribution in [1.82, 2.24) is 0 Å². The summed E-state index contributed by atoms with van der Waals surface area (Å²) in [5.74, 6) is -1.05. The standard InChI is InChI=1S/C19H20O2/c1-2-3-6-14-11-15(12-18(20)21)17-10-5-8-13-7-4-9-16(14)19(13)17/h4-5,7-11,15H,2-3,6,12H2,1H3,(H,20,21)/p-1. The Hall–Kier alpha value is -2.09. The maximum atomic E-state index is 11.1. The van der Waals surface area contributed by atoms with Crippen molar-refractivity contribution in [2.45, 2.75) is 38.5 Å². The molecule has 0 N–H and O–H groups in total. The third-order valence-electron chi connectivity index (χ3n) is 4.27. The predicted molar refractivity (Wildman–Crippen MR) is 83.8 cm³/mol. The summed E-state index contributed by atoms with van der Waals surface area (Å²) in [5.41, 5.74) is 3.67. The first-order valence-corrected chi connectivity index (χ1v) is 7.63. The number of carboxylic acids is 1. The van der Waals surface area contributed by atoms with E-state index in [-0.39, 0.29) is 12.3 Å². The van der Waals surface area contributed by atoms with Gasteiger partial charge in [0.2, 0.25) is 0 Å². The van der Waals surface area contributed by atoms with Crippen LogP contribution in [0.2, 0.25) is 0 Å². The maximum Gasteiger partial charge on any atom is 0.0423 e. The summed E-state index contributed by atoms with van der Waals surface area (Å²) < 4.78 is 0. The molecule has 0 heterocycles. The van der Waals surface area contributed by atoms with Gasteiger partial charge >= 0.3 is 0 Å². The number of aliphatic carboxylic acids is 1. The highest BCUT2D eigenvalue weighted by atomic mass is 16.4. The molecule has 0 aliphatic heterocycles. The second kappa shape index (κ2) is 5.72. The van der Waals surface area contributed by atoms with E-state index in [9.17, 15) is 9.90 Å². The minimum absolute atomic E-state index is 0.0586. The Morgan fingerprint density at radius 3 is 2.67 bits per heavy atom. The van der Waals surface area contributed by atoms with Crippen molar-refractivity contribution >= 4 is 22.3 Å². The second-order valence-corrected chi connectivity index (χ2v) is 5.73. The molecule has 3 rings (SSSR count). The summed E-state index contributed by atoms with van der Waals surface area (Å²) in [6.07, 6.45) is 5.47. The lowest BCUT2D eigenvalue weighted by Crippen LogP contribution is -2.24. The van der Waals surface area contributed by atoms with Crippen LogP contribution in [0.15, 0.2) is 42.5 Å². The number of unbranched alkanes of at least 4 members (excludes halogenated alkanes) is 1. The molecule has 0 radical (unpaired) electrons. The Bertz CT molecular complexity index is 707. The molecule has 1 aliphatic carbocycles. The first kappa shape index (κ1) is 13.9. The lowest BCUT2D eigenvalue weighted by molar-refractivity contribution is -0.305. The van der Waals surface area contributed by atoms with E-state index in [0.717, 1.165) is 24.8 Å². The third kappa shape index (κ3) is 2.58. The summed E-state index contributed by atoms with van der Waals surface area (Å²) in [7, 11) is 0. The average molecular weight is 279 g/mol. The fourth-order valence-electron chi connectivity index (χ4n) is 3.30. The predicted octanol–water partition coefficient (Wildman–Crippen LogP) is 3.65. The molecule has 2 heteroatoms. The van der Waals surface area contributed by atoms with E-state index in [4.69, 9.17) is 0 Å². The zero-order valence-corrected chi connectivity index (χ0v) is 12.3. The molecule has 108 valence electrons. The van der Waals surface area contributed by atoms with E-state index in [2.05, 4.69) is 37.3 Å². The number of rotatable bonds is 5. The lowest BCUT2D eigenvalue weighted by Gasteiger charge is -2.26. The number of hydrogen-bond donors (Lipinski definition) is 0. The van der Waals surface area contributed by atoms with Gasteiger partial charge in [-0.25, -0.2) is 0 Å². The first-order valence-electron chi connectivity index (χ1n) is 7.63. The average Bonchev–Trinajstić information content (AvgIpc) is 2.48. The van der Waals surface area contributed by atoms with Crippen LogP contribution in [0, 0.1) is 0 Å². The van der Waals surface area contributed by atoms with Gasteiger partial charge in [0.1, 0.15) is 0 Å². The highest BCUT2D eigenvalue weighted by Gasteiger charge is 2.21. The zero-order chi connectivity index (χ0) is 14.8. The van der Waals surface area contributed by atoms with Crippen LogP contribution in [0.5, 0.6) is 0 Å². The molecule has 0 saturated heterocycles. The van der Waals surface area contributed by atoms with Crippen LogP contribution < -0.4 is 5.11 Å². The number of hydrogen-bond acceptors (Lipinski definition) is 2. The fraction of sp³-hybridized carbons (Fsp3) is 0.316. The summed E-state index contributed by atoms with van der Waals surface area (Å²) in [6.45, 7) is 2.18. The molecule has 1 atom stereocenters. The van der Waals surface area contributed by atoms with Gasteiger partial charge in [0.05, 0.1) is 0 Å². The minimum atomic E-state index is -0.984. The van der Waals surface area contributed by atoms with Crippen molar-refractivity contribution < 1.29 is 9.90 Å². The van der Waals surface area contributed by atoms with Crippen molar-refractivity contribution in [1.29, 1.82) is 0 Å². The van der Waals surface area contributed by atoms with Crippen LogP contribution in [0.4, 0.5) is 0 Å². The number of carboxylic acid groups (broad SMARTS) is 1. The molecule has 2 nitrogen and oxygen atoms in total. The molecule has 1 aliphatic rings. The molecule has 0 fully saturated rings. The number of allylic oxidation sites excluding steroid dienone is 2. The van der Waals surface area contributed by atoms with E-state index in [1.807, 2.05) is 12.1 Å². The van der Waals surface area contributed by atoms with Crippen LogP contribution in [0.3, 0.4) is 0 Å². The Labute approximate surface area is 125 Å². The van der Waals surface area contributed by atoms with Gasteiger partial charge in [-0.3, -0.25) is 0 Å². The molecule has 2 aromatic rings. The van der Waals surface area contributed by atoms with E-state index in [1.54, 1.807) is 0 Å². The highest BCUT2D eigenvalue weighted by molar-refractivity contribution is 5.99. The van der Waals surface area contributed by atoms with Gasteiger partial charge in [0, 0.05) is 11.9 Å². The minimum Gasteiger partial charge on any atom is -0.550 e. The zero-order valence-electron chi connectivity index (χ0n) is 12.3. The van der Waals surface area contributed by atoms with Gasteiger partial charge in [-0.1, -0.05) is 55.8 Å². The molecule has 2 aromatic carbocycles. The summed E-state index contributed by atoms with van der Waals surface area (Å²) in [4.78, 5) is 11.1. The Morgan fingerprint density at radius 2 is 1.95 bits per heavy atom. The van der Waals surface area contributed by atoms with Gasteiger partial charge in [-0.2, -0.15) is 0 Å². The smallest absolute Gasteiger partial charge is 0.0423 e. The molecule has 0 aromatic heterocycles. The third-order valence-corrected chi connectivity index (χ3v) is 4.27. The van der Waals surface area contributed by atoms with Crippen molar-refractivity contribution in [3.63, 3.8) is 0 Å². The largest absolute Gasteiger partial charge is 0.550 e. The first-order chi connectivity index (χ1) is 10.2. The molecule has 1 unspecified atom stereocenters. The Kier molecular flexibility index (Phi) is 3.78. The number of carbonyl (C=O) groups excluding carboxylic acids is 1. The molecule has 21 heavy (non-hydrogen) atoms. The number of benzene rings is 2. The van der Waals surface area contributed by atoms with E-state index < -0.39 is 5.97 Å². The van der Waals surface area contributed by atoms with Gasteiger partial charge in [0.15, 0.2) is 0 Å². The highest BCUT2D eigenvalue weighted by Crippen LogP contribution is 2.41. The summed E-state index contributed by atoms with van der Waals surface area (Å²) in [6, 6.07) is 12.5. The normalized spacial score (nSPS) is 16.8. The van der Waals surface area contributed by atoms with E-state index >= 15 is 0 Å². The number of carbonyl (C=O) groups is 1. The summed E-state index contributed by atoms with van der Waals surface area (Å²) in [5, 5.41) is 13.5. The monoisotopic (exact) mass is 279 g/mol. The maximum absolute atomic E-state index is 11.1. The van der Waals surface area contributed by atoms with Crippen molar-refractivity contribution in [2.75, 3.05) is 0 Å². The molecule has 0 saturated carbocycles. The van der Waals surface area contributed by atoms with Gasteiger partial charge in [0.25, 0.3) is 0 Å². The Balaban J connectivity index is 2.16. The van der Waals surface area contributed by atoms with E-state index in [1.165, 1.54) is 21.9 Å². The van der Waals surface area contributed by atoms with Gasteiger partial charge < -0.3 is 9.90 Å². The van der Waals surface area contributed by atoms with Crippen LogP contribution in [-0.4, -0.2) is 5.97 Å². The second-order valence-electron chi connectivity index (χ2n) is 5.73. The van der Waals surface area contributed by atoms with Crippen molar-refractivity contribution in [2.24, 2.45) is 0 Å².